The van der Waals surface area contributed by atoms with Crippen LogP contribution in [-0.2, 0) is 0 Å². The molecule has 0 fully saturated rings. The Kier molecular flexibility index (Phi) is 5.90. The standard InChI is InChI=1S/C18H15NS3/c1-4-10-16(11-5-1)20-19(21-17-12-6-2-7-13-17)22-18-14-8-3-9-15-18/h1-15H/p+1. The minimum atomic E-state index is 1.27. The molecule has 0 atom stereocenters. The second kappa shape index (κ2) is 8.34. The van der Waals surface area contributed by atoms with Gasteiger partial charge in [0.25, 0.3) is 0 Å². The van der Waals surface area contributed by atoms with Gasteiger partial charge in [-0.25, -0.2) is 0 Å². The highest BCUT2D eigenvalue weighted by atomic mass is 32.3. The summed E-state index contributed by atoms with van der Waals surface area (Å²) in [5.41, 5.74) is 0. The maximum absolute atomic E-state index is 2.15. The summed E-state index contributed by atoms with van der Waals surface area (Å²) >= 11 is 5.46. The molecule has 0 spiro atoms. The zero-order chi connectivity index (χ0) is 15.0. The van der Waals surface area contributed by atoms with Gasteiger partial charge in [0.2, 0.25) is 0 Å². The third-order valence-corrected chi connectivity index (χ3v) is 6.36. The van der Waals surface area contributed by atoms with Crippen molar-refractivity contribution < 1.29 is 3.12 Å². The molecule has 22 heavy (non-hydrogen) atoms. The van der Waals surface area contributed by atoms with E-state index in [2.05, 4.69) is 91.0 Å². The first-order chi connectivity index (χ1) is 10.9. The highest BCUT2D eigenvalue weighted by Crippen LogP contribution is 2.23. The molecule has 4 heteroatoms. The lowest BCUT2D eigenvalue weighted by Gasteiger charge is -2.12. The number of rotatable bonds is 6. The van der Waals surface area contributed by atoms with Crippen molar-refractivity contribution in [2.75, 3.05) is 0 Å². The predicted octanol–water partition coefficient (Wildman–Crippen LogP) is 4.99. The summed E-state index contributed by atoms with van der Waals surface area (Å²) in [6.45, 7) is 0. The van der Waals surface area contributed by atoms with E-state index in [1.54, 1.807) is 0 Å². The summed E-state index contributed by atoms with van der Waals surface area (Å²) in [6.07, 6.45) is 0. The third kappa shape index (κ3) is 4.85. The Labute approximate surface area is 144 Å². The summed E-state index contributed by atoms with van der Waals surface area (Å²) in [7, 11) is 0. The average Bonchev–Trinajstić information content (AvgIpc) is 2.57. The SMILES string of the molecule is c1ccc(S[NH+](Sc2ccccc2)Sc2ccccc2)cc1. The van der Waals surface area contributed by atoms with Crippen LogP contribution in [-0.4, -0.2) is 0 Å². The topological polar surface area (TPSA) is 4.44 Å². The molecule has 0 aliphatic heterocycles. The molecular formula is C18H16NS3+. The van der Waals surface area contributed by atoms with Gasteiger partial charge in [0.15, 0.2) is 0 Å². The lowest BCUT2D eigenvalue weighted by molar-refractivity contribution is -0.394. The van der Waals surface area contributed by atoms with E-state index >= 15 is 0 Å². The maximum atomic E-state index is 2.15. The van der Waals surface area contributed by atoms with Crippen LogP contribution in [0.2, 0.25) is 0 Å². The van der Waals surface area contributed by atoms with Crippen LogP contribution >= 0.6 is 35.8 Å². The van der Waals surface area contributed by atoms with Gasteiger partial charge in [0.05, 0.1) is 14.7 Å². The average molecular weight is 343 g/mol. The van der Waals surface area contributed by atoms with Crippen molar-refractivity contribution in [2.45, 2.75) is 14.7 Å². The van der Waals surface area contributed by atoms with Crippen LogP contribution in [0.4, 0.5) is 0 Å². The van der Waals surface area contributed by atoms with Gasteiger partial charge < -0.3 is 0 Å². The van der Waals surface area contributed by atoms with Gasteiger partial charge in [-0.15, -0.1) is 3.12 Å². The minimum Gasteiger partial charge on any atom is -0.139 e. The summed E-state index contributed by atoms with van der Waals surface area (Å²) in [6, 6.07) is 31.6. The van der Waals surface area contributed by atoms with Crippen LogP contribution in [0.3, 0.4) is 0 Å². The first-order valence-electron chi connectivity index (χ1n) is 6.96. The zero-order valence-corrected chi connectivity index (χ0v) is 14.3. The fourth-order valence-electron chi connectivity index (χ4n) is 1.82. The molecule has 0 heterocycles. The maximum Gasteiger partial charge on any atom is 0.136 e. The fourth-order valence-corrected chi connectivity index (χ4v) is 5.51. The summed E-state index contributed by atoms with van der Waals surface area (Å²) in [5, 5.41) is 0. The van der Waals surface area contributed by atoms with Gasteiger partial charge in [-0.3, -0.25) is 0 Å². The van der Waals surface area contributed by atoms with Crippen LogP contribution in [0, 0.1) is 0 Å². The van der Waals surface area contributed by atoms with E-state index in [0.29, 0.717) is 0 Å². The molecule has 0 unspecified atom stereocenters. The number of benzene rings is 3. The summed E-state index contributed by atoms with van der Waals surface area (Å²) < 4.78 is 1.31. The third-order valence-electron chi connectivity index (χ3n) is 2.83. The summed E-state index contributed by atoms with van der Waals surface area (Å²) in [5.74, 6) is 0. The van der Waals surface area contributed by atoms with Crippen molar-refractivity contribution in [3.05, 3.63) is 91.0 Å². The molecule has 1 nitrogen and oxygen atoms in total. The van der Waals surface area contributed by atoms with Gasteiger partial charge >= 0.3 is 0 Å². The molecule has 0 aromatic heterocycles. The van der Waals surface area contributed by atoms with Gasteiger partial charge in [-0.1, -0.05) is 54.6 Å². The number of quaternary nitrogens is 1. The molecule has 0 saturated heterocycles. The Hall–Kier alpha value is -1.33. The summed E-state index contributed by atoms with van der Waals surface area (Å²) in [4.78, 5) is 3.80. The molecule has 0 bridgehead atoms. The van der Waals surface area contributed by atoms with Crippen molar-refractivity contribution in [3.63, 3.8) is 0 Å². The Morgan fingerprint density at radius 1 is 0.409 bits per heavy atom. The van der Waals surface area contributed by atoms with Crippen molar-refractivity contribution in [1.29, 1.82) is 0 Å². The number of nitrogens with one attached hydrogen (secondary N) is 1. The van der Waals surface area contributed by atoms with E-state index in [1.807, 2.05) is 35.8 Å². The van der Waals surface area contributed by atoms with E-state index < -0.39 is 0 Å². The van der Waals surface area contributed by atoms with Crippen LogP contribution in [0.15, 0.2) is 106 Å². The molecule has 0 aliphatic carbocycles. The Morgan fingerprint density at radius 3 is 0.955 bits per heavy atom. The Balaban J connectivity index is 1.75. The van der Waals surface area contributed by atoms with E-state index in [-0.39, 0.29) is 0 Å². The second-order valence-corrected chi connectivity index (χ2v) is 8.52. The van der Waals surface area contributed by atoms with E-state index in [1.165, 1.54) is 17.8 Å². The lowest BCUT2D eigenvalue weighted by Crippen LogP contribution is -2.90. The monoisotopic (exact) mass is 342 g/mol. The van der Waals surface area contributed by atoms with E-state index in [4.69, 9.17) is 0 Å². The first-order valence-corrected chi connectivity index (χ1v) is 9.41. The molecule has 0 radical (unpaired) electrons. The molecule has 0 aliphatic rings. The smallest absolute Gasteiger partial charge is 0.136 e. The van der Waals surface area contributed by atoms with Crippen molar-refractivity contribution in [1.82, 2.24) is 0 Å². The molecule has 1 N–H and O–H groups in total. The lowest BCUT2D eigenvalue weighted by atomic mass is 10.4. The van der Waals surface area contributed by atoms with Crippen LogP contribution in [0.1, 0.15) is 0 Å². The normalized spacial score (nSPS) is 10.8. The molecule has 3 rings (SSSR count). The van der Waals surface area contributed by atoms with Crippen LogP contribution < -0.4 is 3.12 Å². The molecule has 0 saturated carbocycles. The van der Waals surface area contributed by atoms with Gasteiger partial charge in [0.1, 0.15) is 35.8 Å². The van der Waals surface area contributed by atoms with Gasteiger partial charge in [-0.2, -0.15) is 0 Å². The molecular weight excluding hydrogens is 326 g/mol. The quantitative estimate of drug-likeness (QED) is 0.630. The van der Waals surface area contributed by atoms with E-state index in [0.717, 1.165) is 0 Å². The van der Waals surface area contributed by atoms with E-state index in [9.17, 15) is 0 Å². The Morgan fingerprint density at radius 2 is 0.682 bits per heavy atom. The van der Waals surface area contributed by atoms with Crippen LogP contribution in [0.25, 0.3) is 0 Å². The first kappa shape index (κ1) is 15.6. The fraction of sp³-hybridized carbons (Fsp3) is 0. The zero-order valence-electron chi connectivity index (χ0n) is 11.9. The van der Waals surface area contributed by atoms with Crippen molar-refractivity contribution >= 4 is 35.8 Å². The predicted molar refractivity (Wildman–Crippen MR) is 97.9 cm³/mol. The molecule has 3 aromatic rings. The molecule has 0 amide bonds. The van der Waals surface area contributed by atoms with Crippen LogP contribution in [0.5, 0.6) is 0 Å². The molecule has 3 aromatic carbocycles. The number of hydrogen-bond donors (Lipinski definition) is 1. The number of hydrogen-bond acceptors (Lipinski definition) is 3. The highest BCUT2D eigenvalue weighted by Gasteiger charge is 2.18. The highest BCUT2D eigenvalue weighted by molar-refractivity contribution is 8.15. The second-order valence-electron chi connectivity index (χ2n) is 4.50. The van der Waals surface area contributed by atoms with Gasteiger partial charge in [0, 0.05) is 0 Å². The Bertz CT molecular complexity index is 576. The van der Waals surface area contributed by atoms with Gasteiger partial charge in [-0.05, 0) is 36.4 Å². The van der Waals surface area contributed by atoms with Crippen molar-refractivity contribution in [3.8, 4) is 0 Å². The van der Waals surface area contributed by atoms with Crippen molar-refractivity contribution in [2.24, 2.45) is 0 Å². The minimum absolute atomic E-state index is 1.27. The molecule has 110 valence electrons. The largest absolute Gasteiger partial charge is 0.139 e.